The average Bonchev–Trinajstić information content (AvgIpc) is 2.62. The summed E-state index contributed by atoms with van der Waals surface area (Å²) < 4.78 is 5.28. The van der Waals surface area contributed by atoms with Gasteiger partial charge < -0.3 is 15.0 Å². The molecule has 1 amide bonds. The number of fused-ring (bicyclic) bond motifs is 1. The highest BCUT2D eigenvalue weighted by molar-refractivity contribution is 5.67. The van der Waals surface area contributed by atoms with Gasteiger partial charge in [0.05, 0.1) is 18.3 Å². The molecule has 2 heterocycles. The smallest absolute Gasteiger partial charge is 0.407 e. The molecule has 1 aliphatic rings. The van der Waals surface area contributed by atoms with E-state index in [-0.39, 0.29) is 6.04 Å². The number of nitrogens with zero attached hydrogens (tertiary/aromatic N) is 2. The second-order valence-electron chi connectivity index (χ2n) is 7.81. The highest BCUT2D eigenvalue weighted by Crippen LogP contribution is 2.31. The number of amides is 1. The molecule has 1 atom stereocenters. The first-order chi connectivity index (χ1) is 12.8. The van der Waals surface area contributed by atoms with Crippen LogP contribution in [-0.2, 0) is 17.8 Å². The summed E-state index contributed by atoms with van der Waals surface area (Å²) in [5.41, 5.74) is 3.92. The summed E-state index contributed by atoms with van der Waals surface area (Å²) >= 11 is 0. The molecule has 3 rings (SSSR count). The summed E-state index contributed by atoms with van der Waals surface area (Å²) in [5.74, 6) is 0. The minimum absolute atomic E-state index is 0.230. The number of alkyl carbamates (subject to hydrolysis) is 1. The molecule has 0 saturated carbocycles. The van der Waals surface area contributed by atoms with E-state index in [9.17, 15) is 4.79 Å². The van der Waals surface area contributed by atoms with Gasteiger partial charge in [-0.3, -0.25) is 4.98 Å². The maximum Gasteiger partial charge on any atom is 0.407 e. The lowest BCUT2D eigenvalue weighted by Gasteiger charge is -2.32. The number of rotatable bonds is 4. The molecular formula is C22H27N3O2. The monoisotopic (exact) mass is 365 g/mol. The highest BCUT2D eigenvalue weighted by Gasteiger charge is 2.21. The van der Waals surface area contributed by atoms with Gasteiger partial charge in [0.1, 0.15) is 5.60 Å². The molecule has 1 aromatic carbocycles. The predicted octanol–water partition coefficient (Wildman–Crippen LogP) is 4.65. The van der Waals surface area contributed by atoms with Gasteiger partial charge in [-0.15, -0.1) is 0 Å². The number of ether oxygens (including phenoxy) is 1. The Bertz CT molecular complexity index is 825. The Morgan fingerprint density at radius 3 is 2.70 bits per heavy atom. The Morgan fingerprint density at radius 1 is 1.26 bits per heavy atom. The van der Waals surface area contributed by atoms with Crippen molar-refractivity contribution in [2.45, 2.75) is 52.4 Å². The summed E-state index contributed by atoms with van der Waals surface area (Å²) in [5, 5.41) is 2.77. The second-order valence-corrected chi connectivity index (χ2v) is 7.81. The third-order valence-electron chi connectivity index (χ3n) is 4.44. The van der Waals surface area contributed by atoms with Crippen molar-refractivity contribution in [1.29, 1.82) is 0 Å². The second kappa shape index (κ2) is 7.82. The fourth-order valence-electron chi connectivity index (χ4n) is 3.07. The molecule has 0 radical (unpaired) electrons. The van der Waals surface area contributed by atoms with Crippen molar-refractivity contribution in [3.8, 4) is 0 Å². The van der Waals surface area contributed by atoms with Crippen LogP contribution in [0.1, 0.15) is 56.1 Å². The van der Waals surface area contributed by atoms with E-state index in [1.807, 2.05) is 33.0 Å². The van der Waals surface area contributed by atoms with Crippen LogP contribution >= 0.6 is 0 Å². The largest absolute Gasteiger partial charge is 0.444 e. The van der Waals surface area contributed by atoms with Crippen molar-refractivity contribution in [2.75, 3.05) is 0 Å². The van der Waals surface area contributed by atoms with Crippen molar-refractivity contribution in [2.24, 2.45) is 0 Å². The van der Waals surface area contributed by atoms with E-state index in [0.717, 1.165) is 17.8 Å². The lowest BCUT2D eigenvalue weighted by Crippen LogP contribution is -2.32. The third-order valence-corrected chi connectivity index (χ3v) is 4.44. The fourth-order valence-corrected chi connectivity index (χ4v) is 3.07. The van der Waals surface area contributed by atoms with Crippen LogP contribution in [0.3, 0.4) is 0 Å². The number of hydrogen-bond acceptors (Lipinski definition) is 4. The molecule has 1 aliphatic heterocycles. The average molecular weight is 365 g/mol. The molecule has 5 heteroatoms. The number of benzene rings is 1. The Balaban J connectivity index is 1.68. The first-order valence-electron chi connectivity index (χ1n) is 9.25. The van der Waals surface area contributed by atoms with Gasteiger partial charge in [-0.1, -0.05) is 30.3 Å². The van der Waals surface area contributed by atoms with E-state index in [4.69, 9.17) is 4.74 Å². The van der Waals surface area contributed by atoms with Crippen LogP contribution in [0.4, 0.5) is 4.79 Å². The van der Waals surface area contributed by atoms with Gasteiger partial charge in [-0.2, -0.15) is 0 Å². The van der Waals surface area contributed by atoms with Crippen molar-refractivity contribution in [3.05, 3.63) is 71.2 Å². The quantitative estimate of drug-likeness (QED) is 0.857. The molecule has 0 spiro atoms. The predicted molar refractivity (Wildman–Crippen MR) is 107 cm³/mol. The number of nitrogens with one attached hydrogen (secondary N) is 1. The van der Waals surface area contributed by atoms with Crippen LogP contribution in [0.25, 0.3) is 6.08 Å². The van der Waals surface area contributed by atoms with Crippen LogP contribution < -0.4 is 5.32 Å². The molecule has 0 fully saturated rings. The minimum atomic E-state index is -0.509. The maximum absolute atomic E-state index is 11.9. The van der Waals surface area contributed by atoms with Gasteiger partial charge in [0, 0.05) is 18.9 Å². The number of carbonyl (C=O) groups excluding carboxylic acids is 1. The number of pyridine rings is 1. The minimum Gasteiger partial charge on any atom is -0.444 e. The van der Waals surface area contributed by atoms with Crippen molar-refractivity contribution < 1.29 is 9.53 Å². The molecule has 1 N–H and O–H groups in total. The zero-order valence-electron chi connectivity index (χ0n) is 16.4. The molecule has 0 saturated heterocycles. The fraction of sp³-hybridized carbons (Fsp3) is 0.364. The summed E-state index contributed by atoms with van der Waals surface area (Å²) in [6, 6.07) is 12.7. The molecule has 5 nitrogen and oxygen atoms in total. The first-order valence-corrected chi connectivity index (χ1v) is 9.25. The molecule has 142 valence electrons. The zero-order chi connectivity index (χ0) is 19.4. The van der Waals surface area contributed by atoms with Crippen LogP contribution in [0, 0.1) is 0 Å². The lowest BCUT2D eigenvalue weighted by atomic mass is 9.97. The first kappa shape index (κ1) is 19.0. The van der Waals surface area contributed by atoms with Crippen LogP contribution in [0.2, 0.25) is 0 Å². The lowest BCUT2D eigenvalue weighted by molar-refractivity contribution is 0.0523. The summed E-state index contributed by atoms with van der Waals surface area (Å²) in [7, 11) is 0. The van der Waals surface area contributed by atoms with Gasteiger partial charge in [-0.25, -0.2) is 4.79 Å². The molecule has 0 aliphatic carbocycles. The zero-order valence-corrected chi connectivity index (χ0v) is 16.4. The Morgan fingerprint density at radius 2 is 2.00 bits per heavy atom. The highest BCUT2D eigenvalue weighted by atomic mass is 16.6. The van der Waals surface area contributed by atoms with E-state index in [0.29, 0.717) is 6.54 Å². The van der Waals surface area contributed by atoms with E-state index >= 15 is 0 Å². The van der Waals surface area contributed by atoms with Crippen LogP contribution in [0.15, 0.2) is 48.8 Å². The molecular weight excluding hydrogens is 338 g/mol. The van der Waals surface area contributed by atoms with Crippen molar-refractivity contribution in [1.82, 2.24) is 15.2 Å². The van der Waals surface area contributed by atoms with Gasteiger partial charge in [0.2, 0.25) is 0 Å². The number of hydrogen-bond donors (Lipinski definition) is 1. The Hall–Kier alpha value is -2.82. The van der Waals surface area contributed by atoms with Crippen LogP contribution in [-0.4, -0.2) is 21.6 Å². The van der Waals surface area contributed by atoms with Gasteiger partial charge >= 0.3 is 6.09 Å². The normalized spacial score (nSPS) is 16.0. The van der Waals surface area contributed by atoms with Gasteiger partial charge in [0.25, 0.3) is 0 Å². The van der Waals surface area contributed by atoms with Crippen LogP contribution in [0.5, 0.6) is 0 Å². The van der Waals surface area contributed by atoms with Gasteiger partial charge in [-0.05, 0) is 56.5 Å². The topological polar surface area (TPSA) is 54.5 Å². The Kier molecular flexibility index (Phi) is 5.49. The molecule has 1 unspecified atom stereocenters. The van der Waals surface area contributed by atoms with E-state index < -0.39 is 11.7 Å². The SMILES string of the molecule is CC1c2cc(CNC(=O)OC(C)(C)C)ncc2C=CN1Cc1ccccc1. The third kappa shape index (κ3) is 5.09. The van der Waals surface area contributed by atoms with Crippen molar-refractivity contribution in [3.63, 3.8) is 0 Å². The summed E-state index contributed by atoms with van der Waals surface area (Å²) in [6.45, 7) is 8.93. The van der Waals surface area contributed by atoms with E-state index in [2.05, 4.69) is 64.7 Å². The maximum atomic E-state index is 11.9. The molecule has 0 bridgehead atoms. The molecule has 2 aromatic rings. The van der Waals surface area contributed by atoms with Gasteiger partial charge in [0.15, 0.2) is 0 Å². The number of aromatic nitrogens is 1. The van der Waals surface area contributed by atoms with E-state index in [1.165, 1.54) is 11.1 Å². The van der Waals surface area contributed by atoms with E-state index in [1.54, 1.807) is 0 Å². The standard InChI is InChI=1S/C22H27N3O2/c1-16-20-12-19(14-24-21(26)27-22(2,3)4)23-13-18(20)10-11-25(16)15-17-8-6-5-7-9-17/h5-13,16H,14-15H2,1-4H3,(H,24,26). The summed E-state index contributed by atoms with van der Waals surface area (Å²) in [4.78, 5) is 18.6. The number of carbonyl (C=O) groups is 1. The molecule has 27 heavy (non-hydrogen) atoms. The van der Waals surface area contributed by atoms with Crippen molar-refractivity contribution >= 4 is 12.2 Å². The Labute approximate surface area is 161 Å². The molecule has 1 aromatic heterocycles. The summed E-state index contributed by atoms with van der Waals surface area (Å²) in [6.07, 6.45) is 5.66.